The Hall–Kier alpha value is -2.86. The second-order valence-corrected chi connectivity index (χ2v) is 13.6. The Kier molecular flexibility index (Phi) is 19.7. The fourth-order valence-corrected chi connectivity index (χ4v) is 5.56. The van der Waals surface area contributed by atoms with E-state index >= 15 is 0 Å². The van der Waals surface area contributed by atoms with Gasteiger partial charge in [0.15, 0.2) is 61.7 Å². The van der Waals surface area contributed by atoms with Gasteiger partial charge < -0.3 is 47.2 Å². The molecule has 0 amide bonds. The molecule has 278 valence electrons. The number of ether oxygens (including phenoxy) is 8. The van der Waals surface area contributed by atoms with E-state index in [0.29, 0.717) is 34.5 Å². The van der Waals surface area contributed by atoms with Crippen molar-refractivity contribution in [3.05, 3.63) is 35.4 Å². The van der Waals surface area contributed by atoms with E-state index in [1.54, 1.807) is 28.4 Å². The zero-order valence-corrected chi connectivity index (χ0v) is 32.0. The van der Waals surface area contributed by atoms with Gasteiger partial charge in [-0.25, -0.2) is 0 Å². The van der Waals surface area contributed by atoms with Gasteiger partial charge in [-0.1, -0.05) is 92.9 Å². The first kappa shape index (κ1) is 42.3. The molecule has 0 saturated heterocycles. The van der Waals surface area contributed by atoms with Crippen LogP contribution in [0, 0.1) is 0 Å². The third-order valence-corrected chi connectivity index (χ3v) is 8.65. The fraction of sp³-hybridized carbons (Fsp3) is 0.684. The summed E-state index contributed by atoms with van der Waals surface area (Å²) in [6.45, 7) is 13.5. The lowest BCUT2D eigenvalue weighted by molar-refractivity contribution is 0.0424. The first-order valence-electron chi connectivity index (χ1n) is 17.7. The molecule has 10 nitrogen and oxygen atoms in total. The molecule has 0 saturated carbocycles. The van der Waals surface area contributed by atoms with Crippen LogP contribution < -0.4 is 28.3 Å². The number of rotatable bonds is 28. The van der Waals surface area contributed by atoms with Crippen LogP contribution in [0.2, 0.25) is 0 Å². The van der Waals surface area contributed by atoms with E-state index in [1.165, 1.54) is 38.5 Å². The average Bonchev–Trinajstić information content (AvgIpc) is 3.08. The number of methoxy groups -OCH3 is 4. The quantitative estimate of drug-likeness (QED) is 0.0490. The maximum atomic E-state index is 6.28. The number of hydrogen-bond donors (Lipinski definition) is 0. The van der Waals surface area contributed by atoms with Crippen molar-refractivity contribution in [2.24, 2.45) is 0 Å². The van der Waals surface area contributed by atoms with Crippen LogP contribution in [0.5, 0.6) is 34.5 Å². The molecule has 0 atom stereocenters. The minimum Gasteiger partial charge on any atom is -0.523 e. The molecule has 49 heavy (non-hydrogen) atoms. The van der Waals surface area contributed by atoms with Crippen LogP contribution >= 0.6 is 0 Å². The lowest BCUT2D eigenvalue weighted by Crippen LogP contribution is -2.20. The van der Waals surface area contributed by atoms with Gasteiger partial charge in [0.2, 0.25) is 0 Å². The maximum Gasteiger partial charge on any atom is 0.576 e. The van der Waals surface area contributed by atoms with E-state index < -0.39 is 0 Å². The molecule has 0 spiro atoms. The van der Waals surface area contributed by atoms with Gasteiger partial charge in [0.25, 0.3) is 0 Å². The second-order valence-electron chi connectivity index (χ2n) is 13.6. The van der Waals surface area contributed by atoms with Crippen LogP contribution in [0.1, 0.15) is 117 Å². The summed E-state index contributed by atoms with van der Waals surface area (Å²) in [6, 6.07) is 7.97. The van der Waals surface area contributed by atoms with Gasteiger partial charge in [0.05, 0.1) is 0 Å². The highest BCUT2D eigenvalue weighted by Gasteiger charge is 2.28. The monoisotopic (exact) mass is 690 g/mol. The van der Waals surface area contributed by atoms with Crippen LogP contribution in [0.3, 0.4) is 0 Å². The van der Waals surface area contributed by atoms with Crippen molar-refractivity contribution < 1.29 is 47.2 Å². The van der Waals surface area contributed by atoms with Crippen molar-refractivity contribution in [2.75, 3.05) is 55.6 Å². The fourth-order valence-electron chi connectivity index (χ4n) is 5.56. The Bertz CT molecular complexity index is 1050. The summed E-state index contributed by atoms with van der Waals surface area (Å²) in [7, 11) is 6.10. The van der Waals surface area contributed by atoms with E-state index in [9.17, 15) is 0 Å². The Morgan fingerprint density at radius 2 is 0.776 bits per heavy atom. The van der Waals surface area contributed by atoms with E-state index in [1.807, 2.05) is 24.3 Å². The Balaban J connectivity index is 2.48. The number of hydrogen-bond acceptors (Lipinski definition) is 10. The van der Waals surface area contributed by atoms with E-state index in [0.717, 1.165) is 36.8 Å². The predicted molar refractivity (Wildman–Crippen MR) is 195 cm³/mol. The first-order valence-corrected chi connectivity index (χ1v) is 17.7. The summed E-state index contributed by atoms with van der Waals surface area (Å²) in [4.78, 5) is 0. The normalized spacial score (nSPS) is 11.7. The van der Waals surface area contributed by atoms with Crippen molar-refractivity contribution in [2.45, 2.75) is 117 Å². The molecular weight excluding hydrogens is 627 g/mol. The van der Waals surface area contributed by atoms with Crippen molar-refractivity contribution in [3.8, 4) is 34.5 Å². The highest BCUT2D eigenvalue weighted by Crippen LogP contribution is 2.45. The van der Waals surface area contributed by atoms with E-state index in [4.69, 9.17) is 47.2 Å². The van der Waals surface area contributed by atoms with Crippen LogP contribution in [0.15, 0.2) is 24.3 Å². The SMILES string of the molecule is CCCCCCC(C)(C)c1cc(OCOC)c(OBOc2c(OCOC)cc(C(C)(C)CCCCCC)cc2OCOC)c(OCOC)c1. The third-order valence-electron chi connectivity index (χ3n) is 8.65. The highest BCUT2D eigenvalue weighted by molar-refractivity contribution is 6.21. The molecule has 0 aliphatic heterocycles. The van der Waals surface area contributed by atoms with Gasteiger partial charge in [0.1, 0.15) is 0 Å². The molecule has 0 fully saturated rings. The minimum absolute atomic E-state index is 0.0288. The van der Waals surface area contributed by atoms with Gasteiger partial charge in [-0.3, -0.25) is 0 Å². The minimum atomic E-state index is -0.209. The summed E-state index contributed by atoms with van der Waals surface area (Å²) in [5.41, 5.74) is 1.86. The first-order chi connectivity index (χ1) is 23.6. The topological polar surface area (TPSA) is 92.3 Å². The van der Waals surface area contributed by atoms with Crippen molar-refractivity contribution in [3.63, 3.8) is 0 Å². The lowest BCUT2D eigenvalue weighted by atomic mass is 9.79. The van der Waals surface area contributed by atoms with Crippen LogP contribution in [0.25, 0.3) is 0 Å². The Morgan fingerprint density at radius 1 is 0.469 bits per heavy atom. The Labute approximate surface area is 296 Å². The molecule has 0 aliphatic carbocycles. The molecule has 0 bridgehead atoms. The summed E-state index contributed by atoms with van der Waals surface area (Å²) >= 11 is 0. The van der Waals surface area contributed by atoms with Gasteiger partial charge in [-0.2, -0.15) is 0 Å². The van der Waals surface area contributed by atoms with Crippen LogP contribution in [0.4, 0.5) is 0 Å². The molecule has 0 radical (unpaired) electrons. The lowest BCUT2D eigenvalue weighted by Gasteiger charge is -2.28. The van der Waals surface area contributed by atoms with E-state index in [-0.39, 0.29) is 45.7 Å². The van der Waals surface area contributed by atoms with E-state index in [2.05, 4.69) is 41.5 Å². The smallest absolute Gasteiger partial charge is 0.523 e. The molecule has 2 aromatic rings. The highest BCUT2D eigenvalue weighted by atomic mass is 16.7. The molecule has 2 aromatic carbocycles. The molecular formula is C38H63BO10. The van der Waals surface area contributed by atoms with Crippen LogP contribution in [-0.2, 0) is 29.8 Å². The summed E-state index contributed by atoms with van der Waals surface area (Å²) < 4.78 is 57.8. The van der Waals surface area contributed by atoms with Gasteiger partial charge in [-0.15, -0.1) is 0 Å². The molecule has 0 N–H and O–H groups in total. The molecule has 0 unspecified atom stereocenters. The Morgan fingerprint density at radius 3 is 1.04 bits per heavy atom. The summed E-state index contributed by atoms with van der Waals surface area (Å²) in [5, 5.41) is 0. The molecule has 0 aliphatic rings. The van der Waals surface area contributed by atoms with Gasteiger partial charge in [-0.05, 0) is 59.1 Å². The average molecular weight is 691 g/mol. The molecule has 2 rings (SSSR count). The zero-order chi connectivity index (χ0) is 36.1. The maximum absolute atomic E-state index is 6.28. The zero-order valence-electron chi connectivity index (χ0n) is 32.0. The molecule has 0 aromatic heterocycles. The summed E-state index contributed by atoms with van der Waals surface area (Å²) in [6.07, 6.45) is 11.5. The number of unbranched alkanes of at least 4 members (excludes halogenated alkanes) is 6. The molecule has 11 heteroatoms. The van der Waals surface area contributed by atoms with Gasteiger partial charge >= 0.3 is 7.69 Å². The standard InChI is InChI=1S/C38H63BO10/c1-11-13-15-17-19-37(3,4)29-21-31(44-25-40-7)35(32(22-29)45-26-41-8)48-39-49-36-33(46-27-42-9)23-30(24-34(36)47-28-43-10)38(5,6)20-18-16-14-12-2/h21-24,39H,11-20,25-28H2,1-10H3. The third kappa shape index (κ3) is 14.1. The predicted octanol–water partition coefficient (Wildman–Crippen LogP) is 8.84. The second kappa shape index (κ2) is 22.8. The molecule has 0 heterocycles. The van der Waals surface area contributed by atoms with Crippen molar-refractivity contribution >= 4 is 7.69 Å². The largest absolute Gasteiger partial charge is 0.576 e. The van der Waals surface area contributed by atoms with Gasteiger partial charge in [0, 0.05) is 28.4 Å². The van der Waals surface area contributed by atoms with Crippen molar-refractivity contribution in [1.82, 2.24) is 0 Å². The summed E-state index contributed by atoms with van der Waals surface area (Å²) in [5.74, 6) is 2.63. The van der Waals surface area contributed by atoms with Crippen molar-refractivity contribution in [1.29, 1.82) is 0 Å². The van der Waals surface area contributed by atoms with Crippen LogP contribution in [-0.4, -0.2) is 63.3 Å². The number of benzene rings is 2.